The molecule has 1 aliphatic carbocycles. The Morgan fingerprint density at radius 3 is 2.63 bits per heavy atom. The molecular formula is C16H20N2O. The largest absolute Gasteiger partial charge is 0.496 e. The summed E-state index contributed by atoms with van der Waals surface area (Å²) in [6, 6.07) is 8.53. The molecule has 0 N–H and O–H groups in total. The Kier molecular flexibility index (Phi) is 3.05. The molecular weight excluding hydrogens is 236 g/mol. The van der Waals surface area contributed by atoms with Crippen molar-refractivity contribution in [1.82, 2.24) is 9.78 Å². The van der Waals surface area contributed by atoms with Crippen molar-refractivity contribution >= 4 is 0 Å². The molecule has 0 saturated heterocycles. The maximum atomic E-state index is 5.48. The second-order valence-electron chi connectivity index (χ2n) is 5.48. The van der Waals surface area contributed by atoms with Gasteiger partial charge in [-0.15, -0.1) is 0 Å². The molecule has 19 heavy (non-hydrogen) atoms. The Labute approximate surface area is 114 Å². The number of hydrogen-bond acceptors (Lipinski definition) is 2. The van der Waals surface area contributed by atoms with Gasteiger partial charge in [-0.3, -0.25) is 4.68 Å². The summed E-state index contributed by atoms with van der Waals surface area (Å²) < 4.78 is 7.54. The average Bonchev–Trinajstić information content (AvgIpc) is 3.17. The standard InChI is InChI=1S/C16H20N2O/c1-11(2)18-10-14(12-8-9-12)16(17-18)13-6-4-5-7-15(13)19-3/h4-7,10-12H,8-9H2,1-3H3. The Morgan fingerprint density at radius 1 is 1.26 bits per heavy atom. The van der Waals surface area contributed by atoms with Gasteiger partial charge in [-0.2, -0.15) is 5.10 Å². The van der Waals surface area contributed by atoms with Gasteiger partial charge in [0.05, 0.1) is 12.8 Å². The normalized spacial score (nSPS) is 14.9. The zero-order chi connectivity index (χ0) is 13.4. The van der Waals surface area contributed by atoms with E-state index >= 15 is 0 Å². The molecule has 0 bridgehead atoms. The van der Waals surface area contributed by atoms with E-state index in [2.05, 4.69) is 30.8 Å². The highest BCUT2D eigenvalue weighted by atomic mass is 16.5. The molecule has 3 heteroatoms. The van der Waals surface area contributed by atoms with Crippen LogP contribution >= 0.6 is 0 Å². The fraction of sp³-hybridized carbons (Fsp3) is 0.438. The molecule has 1 saturated carbocycles. The third-order valence-corrected chi connectivity index (χ3v) is 3.67. The quantitative estimate of drug-likeness (QED) is 0.826. The van der Waals surface area contributed by atoms with Crippen LogP contribution in [0.1, 0.15) is 44.2 Å². The van der Waals surface area contributed by atoms with Crippen molar-refractivity contribution in [2.24, 2.45) is 0 Å². The summed E-state index contributed by atoms with van der Waals surface area (Å²) in [5.41, 5.74) is 3.57. The van der Waals surface area contributed by atoms with Crippen LogP contribution in [0.15, 0.2) is 30.5 Å². The SMILES string of the molecule is COc1ccccc1-c1nn(C(C)C)cc1C1CC1. The first kappa shape index (κ1) is 12.3. The van der Waals surface area contributed by atoms with Crippen LogP contribution in [-0.2, 0) is 0 Å². The zero-order valence-electron chi connectivity index (χ0n) is 11.8. The second kappa shape index (κ2) is 4.72. The van der Waals surface area contributed by atoms with E-state index in [1.54, 1.807) is 7.11 Å². The topological polar surface area (TPSA) is 27.1 Å². The van der Waals surface area contributed by atoms with Crippen molar-refractivity contribution in [3.8, 4) is 17.0 Å². The van der Waals surface area contributed by atoms with Gasteiger partial charge in [-0.25, -0.2) is 0 Å². The lowest BCUT2D eigenvalue weighted by Crippen LogP contribution is -2.00. The number of rotatable bonds is 4. The van der Waals surface area contributed by atoms with Gasteiger partial charge in [0, 0.05) is 23.4 Å². The Morgan fingerprint density at radius 2 is 2.00 bits per heavy atom. The maximum Gasteiger partial charge on any atom is 0.128 e. The molecule has 0 amide bonds. The van der Waals surface area contributed by atoms with E-state index in [1.165, 1.54) is 18.4 Å². The van der Waals surface area contributed by atoms with Crippen LogP contribution in [0.25, 0.3) is 11.3 Å². The van der Waals surface area contributed by atoms with Crippen LogP contribution in [0, 0.1) is 0 Å². The minimum atomic E-state index is 0.390. The molecule has 0 aliphatic heterocycles. The molecule has 2 aromatic rings. The van der Waals surface area contributed by atoms with Crippen LogP contribution in [0.4, 0.5) is 0 Å². The molecule has 0 atom stereocenters. The highest BCUT2D eigenvalue weighted by Gasteiger charge is 2.30. The third-order valence-electron chi connectivity index (χ3n) is 3.67. The van der Waals surface area contributed by atoms with Crippen molar-refractivity contribution in [3.05, 3.63) is 36.0 Å². The Balaban J connectivity index is 2.12. The van der Waals surface area contributed by atoms with Crippen molar-refractivity contribution in [1.29, 1.82) is 0 Å². The first-order chi connectivity index (χ1) is 9.20. The molecule has 1 aliphatic rings. The molecule has 0 unspecified atom stereocenters. The van der Waals surface area contributed by atoms with E-state index in [9.17, 15) is 0 Å². The first-order valence-corrected chi connectivity index (χ1v) is 6.93. The number of aromatic nitrogens is 2. The van der Waals surface area contributed by atoms with Crippen molar-refractivity contribution in [2.45, 2.75) is 38.6 Å². The van der Waals surface area contributed by atoms with E-state index in [1.807, 2.05) is 18.2 Å². The summed E-state index contributed by atoms with van der Waals surface area (Å²) >= 11 is 0. The number of nitrogens with zero attached hydrogens (tertiary/aromatic N) is 2. The van der Waals surface area contributed by atoms with Crippen LogP contribution in [0.5, 0.6) is 5.75 Å². The average molecular weight is 256 g/mol. The van der Waals surface area contributed by atoms with Gasteiger partial charge < -0.3 is 4.74 Å². The number of para-hydroxylation sites is 1. The smallest absolute Gasteiger partial charge is 0.128 e. The highest BCUT2D eigenvalue weighted by molar-refractivity contribution is 5.70. The molecule has 3 nitrogen and oxygen atoms in total. The number of methoxy groups -OCH3 is 1. The van der Waals surface area contributed by atoms with Gasteiger partial charge in [0.15, 0.2) is 0 Å². The third kappa shape index (κ3) is 2.25. The lowest BCUT2D eigenvalue weighted by Gasteiger charge is -2.07. The van der Waals surface area contributed by atoms with E-state index in [0.29, 0.717) is 12.0 Å². The van der Waals surface area contributed by atoms with E-state index in [0.717, 1.165) is 17.0 Å². The Bertz CT molecular complexity index is 582. The summed E-state index contributed by atoms with van der Waals surface area (Å²) in [4.78, 5) is 0. The first-order valence-electron chi connectivity index (χ1n) is 6.93. The van der Waals surface area contributed by atoms with Gasteiger partial charge in [-0.05, 0) is 44.7 Å². The van der Waals surface area contributed by atoms with Gasteiger partial charge >= 0.3 is 0 Å². The molecule has 1 aromatic carbocycles. The highest BCUT2D eigenvalue weighted by Crippen LogP contribution is 2.45. The lowest BCUT2D eigenvalue weighted by atomic mass is 10.0. The Hall–Kier alpha value is -1.77. The summed E-state index contributed by atoms with van der Waals surface area (Å²) in [5, 5.41) is 4.79. The zero-order valence-corrected chi connectivity index (χ0v) is 11.8. The van der Waals surface area contributed by atoms with E-state index < -0.39 is 0 Å². The van der Waals surface area contributed by atoms with Crippen molar-refractivity contribution in [3.63, 3.8) is 0 Å². The molecule has 100 valence electrons. The minimum absolute atomic E-state index is 0.390. The van der Waals surface area contributed by atoms with Crippen molar-refractivity contribution < 1.29 is 4.74 Å². The van der Waals surface area contributed by atoms with Gasteiger partial charge in [0.1, 0.15) is 5.75 Å². The number of ether oxygens (including phenoxy) is 1. The van der Waals surface area contributed by atoms with Crippen LogP contribution < -0.4 is 4.74 Å². The molecule has 1 fully saturated rings. The number of benzene rings is 1. The predicted octanol–water partition coefficient (Wildman–Crippen LogP) is 4.02. The van der Waals surface area contributed by atoms with Gasteiger partial charge in [-0.1, -0.05) is 12.1 Å². The molecule has 1 aromatic heterocycles. The van der Waals surface area contributed by atoms with Crippen LogP contribution in [0.3, 0.4) is 0 Å². The maximum absolute atomic E-state index is 5.48. The molecule has 0 spiro atoms. The minimum Gasteiger partial charge on any atom is -0.496 e. The number of hydrogen-bond donors (Lipinski definition) is 0. The molecule has 0 radical (unpaired) electrons. The summed E-state index contributed by atoms with van der Waals surface area (Å²) in [7, 11) is 1.72. The summed E-state index contributed by atoms with van der Waals surface area (Å²) in [6.07, 6.45) is 4.78. The fourth-order valence-electron chi connectivity index (χ4n) is 2.41. The lowest BCUT2D eigenvalue weighted by molar-refractivity contribution is 0.416. The fourth-order valence-corrected chi connectivity index (χ4v) is 2.41. The van der Waals surface area contributed by atoms with Gasteiger partial charge in [0.2, 0.25) is 0 Å². The monoisotopic (exact) mass is 256 g/mol. The summed E-state index contributed by atoms with van der Waals surface area (Å²) in [6.45, 7) is 4.32. The van der Waals surface area contributed by atoms with Crippen LogP contribution in [0.2, 0.25) is 0 Å². The second-order valence-corrected chi connectivity index (χ2v) is 5.48. The van der Waals surface area contributed by atoms with Crippen LogP contribution in [-0.4, -0.2) is 16.9 Å². The predicted molar refractivity (Wildman–Crippen MR) is 76.6 cm³/mol. The molecule has 3 rings (SSSR count). The van der Waals surface area contributed by atoms with Gasteiger partial charge in [0.25, 0.3) is 0 Å². The molecule has 1 heterocycles. The van der Waals surface area contributed by atoms with E-state index in [-0.39, 0.29) is 0 Å². The van der Waals surface area contributed by atoms with Crippen molar-refractivity contribution in [2.75, 3.05) is 7.11 Å². The van der Waals surface area contributed by atoms with E-state index in [4.69, 9.17) is 9.84 Å². The summed E-state index contributed by atoms with van der Waals surface area (Å²) in [5.74, 6) is 1.59.